The van der Waals surface area contributed by atoms with Crippen molar-refractivity contribution in [2.24, 2.45) is 0 Å². The molecule has 1 atom stereocenters. The third kappa shape index (κ3) is 6.84. The lowest BCUT2D eigenvalue weighted by molar-refractivity contribution is -0.146. The zero-order chi connectivity index (χ0) is 18.8. The first-order valence-electron chi connectivity index (χ1n) is 7.34. The molecule has 1 aromatic carbocycles. The molecule has 0 fully saturated rings. The molecule has 0 aliphatic rings. The van der Waals surface area contributed by atoms with Crippen LogP contribution in [0.2, 0.25) is 0 Å². The summed E-state index contributed by atoms with van der Waals surface area (Å²) in [6, 6.07) is 5.12. The molecule has 1 rings (SSSR count). The summed E-state index contributed by atoms with van der Waals surface area (Å²) in [5, 5.41) is 1.67. The maximum absolute atomic E-state index is 12.0. The molecule has 25 heavy (non-hydrogen) atoms. The first kappa shape index (κ1) is 20.5. The molecule has 0 unspecified atom stereocenters. The number of carbonyl (C=O) groups excluding carboxylic acids is 4. The van der Waals surface area contributed by atoms with Gasteiger partial charge in [-0.2, -0.15) is 0 Å². The number of rotatable bonds is 7. The predicted octanol–water partition coefficient (Wildman–Crippen LogP) is 1.77. The van der Waals surface area contributed by atoms with E-state index in [2.05, 4.69) is 10.1 Å². The fraction of sp³-hybridized carbons (Fsp3) is 0.375. The number of benzene rings is 1. The molecule has 0 radical (unpaired) electrons. The Kier molecular flexibility index (Phi) is 8.48. The van der Waals surface area contributed by atoms with Crippen LogP contribution in [0.3, 0.4) is 0 Å². The molecular formula is C16H19NO7S. The highest BCUT2D eigenvalue weighted by Crippen LogP contribution is 2.21. The second-order valence-electron chi connectivity index (χ2n) is 4.66. The molecule has 1 amide bonds. The lowest BCUT2D eigenvalue weighted by atomic mass is 10.2. The molecule has 0 aliphatic carbocycles. The summed E-state index contributed by atoms with van der Waals surface area (Å²) >= 11 is 0.675. The minimum absolute atomic E-state index is 0.0408. The lowest BCUT2D eigenvalue weighted by Crippen LogP contribution is -2.43. The number of thioether (sulfide) groups is 1. The van der Waals surface area contributed by atoms with Gasteiger partial charge in [0, 0.05) is 12.7 Å². The van der Waals surface area contributed by atoms with Gasteiger partial charge in [-0.25, -0.2) is 14.4 Å². The number of hydrogen-bond acceptors (Lipinski definition) is 8. The van der Waals surface area contributed by atoms with E-state index in [0.717, 1.165) is 0 Å². The standard InChI is InChI=1S/C16H19NO7S/c1-4-23-15(20)12(17-10(2)18)9-25-16(21)24-13-8-6-5-7-11(13)14(19)22-3/h5-8,12H,4,9H2,1-3H3,(H,17,18)/t12-/m1/s1. The van der Waals surface area contributed by atoms with Crippen LogP contribution in [0.25, 0.3) is 0 Å². The van der Waals surface area contributed by atoms with Gasteiger partial charge in [0.25, 0.3) is 0 Å². The molecule has 1 aromatic rings. The van der Waals surface area contributed by atoms with E-state index in [-0.39, 0.29) is 23.7 Å². The fourth-order valence-electron chi connectivity index (χ4n) is 1.76. The van der Waals surface area contributed by atoms with Gasteiger partial charge < -0.3 is 19.5 Å². The van der Waals surface area contributed by atoms with Crippen LogP contribution in [-0.2, 0) is 19.1 Å². The molecule has 0 heterocycles. The smallest absolute Gasteiger partial charge is 0.372 e. The molecule has 0 spiro atoms. The van der Waals surface area contributed by atoms with Gasteiger partial charge >= 0.3 is 17.2 Å². The fourth-order valence-corrected chi connectivity index (χ4v) is 2.43. The van der Waals surface area contributed by atoms with Crippen molar-refractivity contribution in [2.45, 2.75) is 19.9 Å². The first-order valence-corrected chi connectivity index (χ1v) is 8.33. The summed E-state index contributed by atoms with van der Waals surface area (Å²) in [6.45, 7) is 3.03. The lowest BCUT2D eigenvalue weighted by Gasteiger charge is -2.15. The SMILES string of the molecule is CCOC(=O)[C@@H](CSC(=O)Oc1ccccc1C(=O)OC)NC(C)=O. The van der Waals surface area contributed by atoms with Crippen LogP contribution in [0, 0.1) is 0 Å². The Balaban J connectivity index is 2.71. The predicted molar refractivity (Wildman–Crippen MR) is 90.5 cm³/mol. The van der Waals surface area contributed by atoms with Crippen LogP contribution in [0.5, 0.6) is 5.75 Å². The second kappa shape index (κ2) is 10.3. The van der Waals surface area contributed by atoms with Crippen LogP contribution in [-0.4, -0.2) is 48.7 Å². The normalized spacial score (nSPS) is 11.2. The van der Waals surface area contributed by atoms with E-state index in [1.54, 1.807) is 19.1 Å². The zero-order valence-electron chi connectivity index (χ0n) is 14.1. The topological polar surface area (TPSA) is 108 Å². The van der Waals surface area contributed by atoms with E-state index >= 15 is 0 Å². The maximum atomic E-state index is 12.0. The van der Waals surface area contributed by atoms with Crippen molar-refractivity contribution in [2.75, 3.05) is 19.5 Å². The van der Waals surface area contributed by atoms with Crippen molar-refractivity contribution in [3.63, 3.8) is 0 Å². The summed E-state index contributed by atoms with van der Waals surface area (Å²) in [5.74, 6) is -1.75. The van der Waals surface area contributed by atoms with Crippen molar-refractivity contribution in [3.05, 3.63) is 29.8 Å². The molecule has 0 aliphatic heterocycles. The average molecular weight is 369 g/mol. The molecule has 8 nitrogen and oxygen atoms in total. The highest BCUT2D eigenvalue weighted by Gasteiger charge is 2.23. The Bertz CT molecular complexity index is 647. The van der Waals surface area contributed by atoms with E-state index in [9.17, 15) is 19.2 Å². The van der Waals surface area contributed by atoms with Gasteiger partial charge in [0.2, 0.25) is 5.91 Å². The first-order chi connectivity index (χ1) is 11.9. The van der Waals surface area contributed by atoms with Crippen LogP contribution in [0.1, 0.15) is 24.2 Å². The minimum atomic E-state index is -0.981. The number of amides is 1. The van der Waals surface area contributed by atoms with E-state index in [4.69, 9.17) is 9.47 Å². The highest BCUT2D eigenvalue weighted by molar-refractivity contribution is 8.13. The van der Waals surface area contributed by atoms with Crippen LogP contribution in [0.15, 0.2) is 24.3 Å². The van der Waals surface area contributed by atoms with Gasteiger partial charge in [0.05, 0.1) is 13.7 Å². The quantitative estimate of drug-likeness (QED) is 0.725. The summed E-state index contributed by atoms with van der Waals surface area (Å²) < 4.78 is 14.6. The van der Waals surface area contributed by atoms with E-state index < -0.39 is 29.2 Å². The van der Waals surface area contributed by atoms with E-state index in [1.165, 1.54) is 26.2 Å². The van der Waals surface area contributed by atoms with Crippen molar-refractivity contribution in [1.29, 1.82) is 0 Å². The highest BCUT2D eigenvalue weighted by atomic mass is 32.2. The van der Waals surface area contributed by atoms with Crippen molar-refractivity contribution >= 4 is 34.9 Å². The molecule has 0 saturated heterocycles. The number of esters is 2. The minimum Gasteiger partial charge on any atom is -0.465 e. The van der Waals surface area contributed by atoms with Gasteiger partial charge in [-0.15, -0.1) is 0 Å². The molecule has 0 bridgehead atoms. The maximum Gasteiger partial charge on any atom is 0.372 e. The number of para-hydroxylation sites is 1. The number of hydrogen-bond donors (Lipinski definition) is 1. The third-order valence-electron chi connectivity index (χ3n) is 2.80. The molecule has 136 valence electrons. The van der Waals surface area contributed by atoms with Crippen LogP contribution in [0.4, 0.5) is 4.79 Å². The van der Waals surface area contributed by atoms with Crippen LogP contribution >= 0.6 is 11.8 Å². The Hall–Kier alpha value is -2.55. The summed E-state index contributed by atoms with van der Waals surface area (Å²) in [6.07, 6.45) is 0. The summed E-state index contributed by atoms with van der Waals surface area (Å²) in [5.41, 5.74) is 0.0998. The van der Waals surface area contributed by atoms with Gasteiger partial charge in [0.1, 0.15) is 17.4 Å². The molecule has 1 N–H and O–H groups in total. The van der Waals surface area contributed by atoms with Crippen molar-refractivity contribution in [3.8, 4) is 5.75 Å². The Morgan fingerprint density at radius 2 is 1.88 bits per heavy atom. The average Bonchev–Trinajstić information content (AvgIpc) is 2.58. The molecule has 0 saturated carbocycles. The number of nitrogens with one attached hydrogen (secondary N) is 1. The molecule has 0 aromatic heterocycles. The second-order valence-corrected chi connectivity index (χ2v) is 5.61. The Morgan fingerprint density at radius 3 is 2.48 bits per heavy atom. The van der Waals surface area contributed by atoms with Gasteiger partial charge in [-0.1, -0.05) is 12.1 Å². The largest absolute Gasteiger partial charge is 0.465 e. The van der Waals surface area contributed by atoms with Gasteiger partial charge in [-0.05, 0) is 30.8 Å². The van der Waals surface area contributed by atoms with Gasteiger partial charge in [0.15, 0.2) is 0 Å². The monoisotopic (exact) mass is 369 g/mol. The number of carbonyl (C=O) groups is 4. The zero-order valence-corrected chi connectivity index (χ0v) is 14.9. The van der Waals surface area contributed by atoms with E-state index in [1.807, 2.05) is 0 Å². The molecular weight excluding hydrogens is 350 g/mol. The van der Waals surface area contributed by atoms with Gasteiger partial charge in [-0.3, -0.25) is 4.79 Å². The molecule has 9 heteroatoms. The summed E-state index contributed by atoms with van der Waals surface area (Å²) in [4.78, 5) is 46.5. The third-order valence-corrected chi connectivity index (χ3v) is 3.62. The number of methoxy groups -OCH3 is 1. The Labute approximate surface area is 149 Å². The van der Waals surface area contributed by atoms with Crippen LogP contribution < -0.4 is 10.1 Å². The van der Waals surface area contributed by atoms with Crippen molar-refractivity contribution < 1.29 is 33.4 Å². The summed E-state index contributed by atoms with van der Waals surface area (Å²) in [7, 11) is 1.22. The van der Waals surface area contributed by atoms with Crippen molar-refractivity contribution in [1.82, 2.24) is 5.32 Å². The van der Waals surface area contributed by atoms with E-state index in [0.29, 0.717) is 11.8 Å². The Morgan fingerprint density at radius 1 is 1.20 bits per heavy atom. The number of ether oxygens (including phenoxy) is 3.